The number of halogens is 2. The molecule has 0 bridgehead atoms. The number of nitrogens with zero attached hydrogens (tertiary/aromatic N) is 4. The van der Waals surface area contributed by atoms with Gasteiger partial charge in [-0.3, -0.25) is 9.58 Å². The van der Waals surface area contributed by atoms with Gasteiger partial charge in [-0.15, -0.1) is 0 Å². The van der Waals surface area contributed by atoms with Crippen molar-refractivity contribution in [1.29, 1.82) is 0 Å². The number of rotatable bonds is 5. The maximum Gasteiger partial charge on any atom is 0.169 e. The van der Waals surface area contributed by atoms with Gasteiger partial charge < -0.3 is 10.2 Å². The van der Waals surface area contributed by atoms with E-state index in [1.54, 1.807) is 0 Å². The van der Waals surface area contributed by atoms with E-state index in [4.69, 9.17) is 35.4 Å². The molecule has 3 rings (SSSR count). The number of hydrogen-bond acceptors (Lipinski definition) is 3. The highest BCUT2D eigenvalue weighted by molar-refractivity contribution is 7.80. The highest BCUT2D eigenvalue weighted by Gasteiger charge is 2.19. The van der Waals surface area contributed by atoms with Gasteiger partial charge in [-0.2, -0.15) is 5.10 Å². The lowest BCUT2D eigenvalue weighted by Crippen LogP contribution is -2.51. The summed E-state index contributed by atoms with van der Waals surface area (Å²) in [6.45, 7) is 10.4. The van der Waals surface area contributed by atoms with Gasteiger partial charge in [-0.25, -0.2) is 0 Å². The Balaban J connectivity index is 1.46. The molecule has 1 aromatic heterocycles. The summed E-state index contributed by atoms with van der Waals surface area (Å²) in [6, 6.07) is 5.84. The maximum atomic E-state index is 6.11. The van der Waals surface area contributed by atoms with E-state index < -0.39 is 0 Å². The molecule has 1 saturated heterocycles. The van der Waals surface area contributed by atoms with Gasteiger partial charge in [0, 0.05) is 57.6 Å². The van der Waals surface area contributed by atoms with Gasteiger partial charge in [0.05, 0.1) is 15.7 Å². The van der Waals surface area contributed by atoms with Gasteiger partial charge in [0.25, 0.3) is 0 Å². The first-order valence-corrected chi connectivity index (χ1v) is 10.3. The third-order valence-corrected chi connectivity index (χ3v) is 5.99. The Bertz CT molecular complexity index is 799. The molecule has 0 aliphatic carbocycles. The normalized spacial score (nSPS) is 15.2. The molecule has 1 N–H and O–H groups in total. The zero-order valence-electron chi connectivity index (χ0n) is 15.7. The Hall–Kier alpha value is -1.34. The Kier molecular flexibility index (Phi) is 6.98. The lowest BCUT2D eigenvalue weighted by atomic mass is 10.2. The summed E-state index contributed by atoms with van der Waals surface area (Å²) in [7, 11) is 0. The Labute approximate surface area is 176 Å². The molecule has 1 fully saturated rings. The molecule has 0 spiro atoms. The first-order chi connectivity index (χ1) is 13.0. The van der Waals surface area contributed by atoms with Crippen LogP contribution in [0.5, 0.6) is 0 Å². The molecule has 0 atom stereocenters. The lowest BCUT2D eigenvalue weighted by Gasteiger charge is -2.36. The van der Waals surface area contributed by atoms with Crippen LogP contribution in [0.15, 0.2) is 24.4 Å². The van der Waals surface area contributed by atoms with E-state index in [0.29, 0.717) is 16.6 Å². The van der Waals surface area contributed by atoms with Gasteiger partial charge in [-0.05, 0) is 43.8 Å². The average molecular weight is 426 g/mol. The molecule has 0 radical (unpaired) electrons. The fraction of sp³-hybridized carbons (Fsp3) is 0.474. The van der Waals surface area contributed by atoms with Crippen LogP contribution in [0.1, 0.15) is 23.7 Å². The summed E-state index contributed by atoms with van der Waals surface area (Å²) in [6.07, 6.45) is 2.08. The van der Waals surface area contributed by atoms with E-state index >= 15 is 0 Å². The third kappa shape index (κ3) is 5.35. The highest BCUT2D eigenvalue weighted by Crippen LogP contribution is 2.23. The Morgan fingerprint density at radius 3 is 2.56 bits per heavy atom. The number of benzene rings is 1. The molecule has 2 heterocycles. The number of hydrogen-bond donors (Lipinski definition) is 1. The zero-order chi connectivity index (χ0) is 19.4. The van der Waals surface area contributed by atoms with Crippen LogP contribution in [-0.4, -0.2) is 50.9 Å². The minimum absolute atomic E-state index is 0.598. The van der Waals surface area contributed by atoms with Crippen LogP contribution >= 0.6 is 35.4 Å². The summed E-state index contributed by atoms with van der Waals surface area (Å²) in [5.41, 5.74) is 3.43. The Morgan fingerprint density at radius 2 is 1.93 bits per heavy atom. The molecular weight excluding hydrogens is 401 g/mol. The van der Waals surface area contributed by atoms with Crippen molar-refractivity contribution in [3.8, 4) is 0 Å². The van der Waals surface area contributed by atoms with Crippen molar-refractivity contribution in [3.63, 3.8) is 0 Å². The van der Waals surface area contributed by atoms with E-state index in [0.717, 1.165) is 50.1 Å². The first-order valence-electron chi connectivity index (χ1n) is 9.18. The molecule has 1 aliphatic heterocycles. The summed E-state index contributed by atoms with van der Waals surface area (Å²) >= 11 is 17.7. The van der Waals surface area contributed by atoms with Crippen LogP contribution in [0.3, 0.4) is 0 Å². The number of piperazine rings is 1. The number of aryl methyl sites for hydroxylation is 2. The van der Waals surface area contributed by atoms with Crippen molar-refractivity contribution < 1.29 is 0 Å². The van der Waals surface area contributed by atoms with Crippen molar-refractivity contribution in [2.24, 2.45) is 0 Å². The molecule has 0 saturated carbocycles. The predicted molar refractivity (Wildman–Crippen MR) is 115 cm³/mol. The summed E-state index contributed by atoms with van der Waals surface area (Å²) in [5.74, 6) is 0. The van der Waals surface area contributed by atoms with Crippen molar-refractivity contribution in [2.75, 3.05) is 26.2 Å². The molecule has 1 aromatic carbocycles. The van der Waals surface area contributed by atoms with E-state index in [2.05, 4.69) is 33.3 Å². The van der Waals surface area contributed by atoms with Crippen LogP contribution in [-0.2, 0) is 19.6 Å². The topological polar surface area (TPSA) is 36.3 Å². The molecule has 5 nitrogen and oxygen atoms in total. The number of aromatic nitrogens is 2. The smallest absolute Gasteiger partial charge is 0.169 e. The second kappa shape index (κ2) is 9.24. The predicted octanol–water partition coefficient (Wildman–Crippen LogP) is 3.71. The SMILES string of the molecule is CCn1cc(CNC(=S)N2CCN(Cc3ccc(Cl)c(Cl)c3)CC2)c(C)n1. The molecule has 0 unspecified atom stereocenters. The standard InChI is InChI=1S/C19H25Cl2N5S/c1-3-26-13-16(14(2)23-26)11-22-19(27)25-8-6-24(7-9-25)12-15-4-5-17(20)18(21)10-15/h4-5,10,13H,3,6-9,11-12H2,1-2H3,(H,22,27). The summed E-state index contributed by atoms with van der Waals surface area (Å²) in [4.78, 5) is 4.65. The minimum atomic E-state index is 0.598. The third-order valence-electron chi connectivity index (χ3n) is 4.85. The highest BCUT2D eigenvalue weighted by atomic mass is 35.5. The van der Waals surface area contributed by atoms with Gasteiger partial charge in [0.15, 0.2) is 5.11 Å². The van der Waals surface area contributed by atoms with Crippen molar-refractivity contribution in [1.82, 2.24) is 24.9 Å². The lowest BCUT2D eigenvalue weighted by molar-refractivity contribution is 0.174. The fourth-order valence-corrected chi connectivity index (χ4v) is 3.76. The second-order valence-corrected chi connectivity index (χ2v) is 7.97. The maximum absolute atomic E-state index is 6.11. The monoisotopic (exact) mass is 425 g/mol. The Morgan fingerprint density at radius 1 is 1.19 bits per heavy atom. The van der Waals surface area contributed by atoms with Gasteiger partial charge in [0.1, 0.15) is 0 Å². The number of thiocarbonyl (C=S) groups is 1. The summed E-state index contributed by atoms with van der Waals surface area (Å²) < 4.78 is 1.96. The van der Waals surface area contributed by atoms with Crippen LogP contribution in [0.2, 0.25) is 10.0 Å². The quantitative estimate of drug-likeness (QED) is 0.738. The van der Waals surface area contributed by atoms with E-state index in [-0.39, 0.29) is 0 Å². The zero-order valence-corrected chi connectivity index (χ0v) is 18.0. The van der Waals surface area contributed by atoms with Crippen LogP contribution in [0, 0.1) is 6.92 Å². The fourth-order valence-electron chi connectivity index (χ4n) is 3.18. The van der Waals surface area contributed by atoms with Crippen LogP contribution < -0.4 is 5.32 Å². The van der Waals surface area contributed by atoms with Crippen molar-refractivity contribution in [2.45, 2.75) is 33.5 Å². The van der Waals surface area contributed by atoms with Crippen molar-refractivity contribution >= 4 is 40.5 Å². The first kappa shape index (κ1) is 20.4. The average Bonchev–Trinajstić information content (AvgIpc) is 3.03. The van der Waals surface area contributed by atoms with E-state index in [9.17, 15) is 0 Å². The van der Waals surface area contributed by atoms with E-state index in [1.807, 2.05) is 29.8 Å². The molecule has 1 aliphatic rings. The number of nitrogens with one attached hydrogen (secondary N) is 1. The largest absolute Gasteiger partial charge is 0.358 e. The molecule has 27 heavy (non-hydrogen) atoms. The second-order valence-electron chi connectivity index (χ2n) is 6.77. The molecule has 2 aromatic rings. The molecule has 8 heteroatoms. The molecule has 0 amide bonds. The molecular formula is C19H25Cl2N5S. The molecule has 146 valence electrons. The van der Waals surface area contributed by atoms with E-state index in [1.165, 1.54) is 11.1 Å². The van der Waals surface area contributed by atoms with Crippen LogP contribution in [0.25, 0.3) is 0 Å². The van der Waals surface area contributed by atoms with Gasteiger partial charge in [0.2, 0.25) is 0 Å². The minimum Gasteiger partial charge on any atom is -0.358 e. The van der Waals surface area contributed by atoms with Gasteiger partial charge >= 0.3 is 0 Å². The van der Waals surface area contributed by atoms with Crippen LogP contribution in [0.4, 0.5) is 0 Å². The van der Waals surface area contributed by atoms with Crippen molar-refractivity contribution in [3.05, 3.63) is 51.3 Å². The van der Waals surface area contributed by atoms with Gasteiger partial charge in [-0.1, -0.05) is 29.3 Å². The summed E-state index contributed by atoms with van der Waals surface area (Å²) in [5, 5.41) is 9.88.